The summed E-state index contributed by atoms with van der Waals surface area (Å²) in [5.41, 5.74) is -0.767. The molecule has 16 heavy (non-hydrogen) atoms. The number of carboxylic acid groups (broad SMARTS) is 2. The lowest BCUT2D eigenvalue weighted by molar-refractivity contribution is -0.145. The summed E-state index contributed by atoms with van der Waals surface area (Å²) in [4.78, 5) is 32.1. The third-order valence-corrected chi connectivity index (χ3v) is 1.37. The number of hydrogen-bond acceptors (Lipinski definition) is 4. The van der Waals surface area contributed by atoms with Gasteiger partial charge < -0.3 is 20.3 Å². The standard InChI is InChI=1S/C9H15NO6/c1-9(2,3)16-8(15)10-5(7(13)14)4-6(11)12/h5H,4H2,1-3H3,(H,10,15)(H,11,12)(H,13,14)/t5-/m0/s1/i6+1. The molecule has 0 heterocycles. The first kappa shape index (κ1) is 14.2. The molecule has 0 aromatic heterocycles. The van der Waals surface area contributed by atoms with Gasteiger partial charge in [0, 0.05) is 0 Å². The highest BCUT2D eigenvalue weighted by Gasteiger charge is 2.25. The fourth-order valence-corrected chi connectivity index (χ4v) is 0.825. The molecule has 0 fully saturated rings. The molecular weight excluding hydrogens is 219 g/mol. The first-order valence-corrected chi connectivity index (χ1v) is 4.56. The van der Waals surface area contributed by atoms with Gasteiger partial charge in [0.25, 0.3) is 0 Å². The highest BCUT2D eigenvalue weighted by molar-refractivity contribution is 5.84. The van der Waals surface area contributed by atoms with Gasteiger partial charge in [0.1, 0.15) is 11.6 Å². The normalized spacial score (nSPS) is 12.7. The summed E-state index contributed by atoms with van der Waals surface area (Å²) >= 11 is 0. The number of ether oxygens (including phenoxy) is 1. The lowest BCUT2D eigenvalue weighted by Gasteiger charge is -2.21. The summed E-state index contributed by atoms with van der Waals surface area (Å²) < 4.78 is 4.79. The van der Waals surface area contributed by atoms with Gasteiger partial charge in [-0.25, -0.2) is 9.59 Å². The number of carbonyl (C=O) groups is 3. The molecule has 0 aromatic rings. The molecule has 0 unspecified atom stereocenters. The molecule has 1 amide bonds. The van der Waals surface area contributed by atoms with E-state index in [2.05, 4.69) is 0 Å². The van der Waals surface area contributed by atoms with Gasteiger partial charge in [-0.15, -0.1) is 0 Å². The highest BCUT2D eigenvalue weighted by atomic mass is 16.6. The molecule has 0 spiro atoms. The van der Waals surface area contributed by atoms with E-state index >= 15 is 0 Å². The summed E-state index contributed by atoms with van der Waals surface area (Å²) in [6, 6.07) is -1.49. The summed E-state index contributed by atoms with van der Waals surface area (Å²) in [6.45, 7) is 4.83. The third-order valence-electron chi connectivity index (χ3n) is 1.37. The first-order valence-electron chi connectivity index (χ1n) is 4.56. The van der Waals surface area contributed by atoms with Crippen LogP contribution in [0.3, 0.4) is 0 Å². The maximum absolute atomic E-state index is 11.2. The summed E-state index contributed by atoms with van der Waals surface area (Å²) in [5.74, 6) is -2.74. The molecule has 0 aliphatic heterocycles. The molecule has 1 atom stereocenters. The predicted octanol–water partition coefficient (Wildman–Crippen LogP) is 0.439. The van der Waals surface area contributed by atoms with Crippen LogP contribution in [0, 0.1) is 0 Å². The van der Waals surface area contributed by atoms with Crippen LogP contribution in [-0.4, -0.2) is 39.9 Å². The topological polar surface area (TPSA) is 113 Å². The Morgan fingerprint density at radius 3 is 2.06 bits per heavy atom. The molecule has 0 aliphatic rings. The lowest BCUT2D eigenvalue weighted by Crippen LogP contribution is -2.44. The molecule has 0 aliphatic carbocycles. The van der Waals surface area contributed by atoms with Gasteiger partial charge in [0.2, 0.25) is 0 Å². The van der Waals surface area contributed by atoms with Crippen molar-refractivity contribution in [1.82, 2.24) is 5.32 Å². The Bertz CT molecular complexity index is 293. The Morgan fingerprint density at radius 2 is 1.75 bits per heavy atom. The van der Waals surface area contributed by atoms with Crippen LogP contribution in [0.4, 0.5) is 4.79 Å². The maximum atomic E-state index is 11.2. The minimum absolute atomic E-state index is 0.700. The van der Waals surface area contributed by atoms with Gasteiger partial charge in [0.05, 0.1) is 6.42 Å². The van der Waals surface area contributed by atoms with Crippen LogP contribution in [0.15, 0.2) is 0 Å². The van der Waals surface area contributed by atoms with E-state index in [9.17, 15) is 14.4 Å². The van der Waals surface area contributed by atoms with Gasteiger partial charge in [-0.3, -0.25) is 4.79 Å². The van der Waals surface area contributed by atoms with E-state index < -0.39 is 36.1 Å². The van der Waals surface area contributed by atoms with E-state index in [4.69, 9.17) is 14.9 Å². The highest BCUT2D eigenvalue weighted by Crippen LogP contribution is 2.07. The van der Waals surface area contributed by atoms with Crippen LogP contribution >= 0.6 is 0 Å². The van der Waals surface area contributed by atoms with Crippen LogP contribution in [0.25, 0.3) is 0 Å². The molecule has 0 rings (SSSR count). The van der Waals surface area contributed by atoms with Crippen LogP contribution in [0.2, 0.25) is 0 Å². The number of rotatable bonds is 4. The number of alkyl carbamates (subject to hydrolysis) is 1. The van der Waals surface area contributed by atoms with Crippen molar-refractivity contribution >= 4 is 18.0 Å². The van der Waals surface area contributed by atoms with Gasteiger partial charge in [0.15, 0.2) is 0 Å². The second-order valence-corrected chi connectivity index (χ2v) is 4.13. The molecule has 0 saturated heterocycles. The summed E-state index contributed by atoms with van der Waals surface area (Å²) in [5, 5.41) is 19.0. The number of amides is 1. The maximum Gasteiger partial charge on any atom is 0.408 e. The lowest BCUT2D eigenvalue weighted by atomic mass is 10.2. The van der Waals surface area contributed by atoms with Crippen molar-refractivity contribution in [2.24, 2.45) is 0 Å². The zero-order valence-electron chi connectivity index (χ0n) is 9.31. The van der Waals surface area contributed by atoms with Crippen LogP contribution in [0.5, 0.6) is 0 Å². The largest absolute Gasteiger partial charge is 0.481 e. The fraction of sp³-hybridized carbons (Fsp3) is 0.667. The van der Waals surface area contributed by atoms with Crippen molar-refractivity contribution in [2.75, 3.05) is 0 Å². The van der Waals surface area contributed by atoms with E-state index in [1.807, 2.05) is 5.32 Å². The summed E-state index contributed by atoms with van der Waals surface area (Å²) in [7, 11) is 0. The Balaban J connectivity index is 4.35. The van der Waals surface area contributed by atoms with E-state index in [0.717, 1.165) is 0 Å². The molecule has 92 valence electrons. The number of hydrogen-bond donors (Lipinski definition) is 3. The van der Waals surface area contributed by atoms with E-state index in [1.54, 1.807) is 20.8 Å². The average Bonchev–Trinajstić information content (AvgIpc) is 1.97. The van der Waals surface area contributed by atoms with Gasteiger partial charge >= 0.3 is 18.0 Å². The first-order chi connectivity index (χ1) is 7.11. The van der Waals surface area contributed by atoms with Gasteiger partial charge in [-0.2, -0.15) is 0 Å². The third kappa shape index (κ3) is 6.63. The Morgan fingerprint density at radius 1 is 1.25 bits per heavy atom. The van der Waals surface area contributed by atoms with E-state index in [-0.39, 0.29) is 0 Å². The van der Waals surface area contributed by atoms with Crippen molar-refractivity contribution in [3.05, 3.63) is 0 Å². The SMILES string of the molecule is CC(C)(C)OC(=O)N[C@@H](C[13C](=O)O)C(=O)O. The minimum atomic E-state index is -1.49. The van der Waals surface area contributed by atoms with Crippen molar-refractivity contribution in [3.63, 3.8) is 0 Å². The number of carbonyl (C=O) groups excluding carboxylic acids is 1. The van der Waals surface area contributed by atoms with Crippen LogP contribution in [-0.2, 0) is 14.3 Å². The molecule has 0 saturated carbocycles. The molecule has 7 heteroatoms. The van der Waals surface area contributed by atoms with Crippen LogP contribution in [0.1, 0.15) is 27.2 Å². The van der Waals surface area contributed by atoms with Crippen molar-refractivity contribution in [3.8, 4) is 0 Å². The Kier molecular flexibility index (Phi) is 4.74. The molecule has 0 bridgehead atoms. The van der Waals surface area contributed by atoms with Gasteiger partial charge in [-0.05, 0) is 20.8 Å². The second kappa shape index (κ2) is 5.34. The Hall–Kier alpha value is -1.79. The quantitative estimate of drug-likeness (QED) is 0.608. The summed E-state index contributed by atoms with van der Waals surface area (Å²) in [6.07, 6.45) is -1.66. The van der Waals surface area contributed by atoms with Crippen molar-refractivity contribution in [2.45, 2.75) is 38.8 Å². The molecule has 7 nitrogen and oxygen atoms in total. The fourth-order valence-electron chi connectivity index (χ4n) is 0.825. The van der Waals surface area contributed by atoms with Crippen molar-refractivity contribution < 1.29 is 29.3 Å². The van der Waals surface area contributed by atoms with Gasteiger partial charge in [-0.1, -0.05) is 0 Å². The molecular formula is C9H15NO6. The van der Waals surface area contributed by atoms with Crippen molar-refractivity contribution in [1.29, 1.82) is 0 Å². The second-order valence-electron chi connectivity index (χ2n) is 4.13. The van der Waals surface area contributed by atoms with Crippen LogP contribution < -0.4 is 5.32 Å². The monoisotopic (exact) mass is 234 g/mol. The Labute approximate surface area is 92.4 Å². The average molecular weight is 234 g/mol. The number of nitrogens with one attached hydrogen (secondary N) is 1. The number of aliphatic carboxylic acids is 2. The minimum Gasteiger partial charge on any atom is -0.481 e. The molecule has 0 radical (unpaired) electrons. The van der Waals surface area contributed by atoms with E-state index in [1.165, 1.54) is 0 Å². The van der Waals surface area contributed by atoms with E-state index in [0.29, 0.717) is 0 Å². The molecule has 0 aromatic carbocycles. The molecule has 3 N–H and O–H groups in total. The predicted molar refractivity (Wildman–Crippen MR) is 53.0 cm³/mol. The number of carboxylic acids is 2. The smallest absolute Gasteiger partial charge is 0.408 e. The zero-order valence-corrected chi connectivity index (χ0v) is 9.31. The zero-order chi connectivity index (χ0) is 12.9.